The third kappa shape index (κ3) is 9.54. The summed E-state index contributed by atoms with van der Waals surface area (Å²) in [6, 6.07) is 0. The molecule has 2 radical (unpaired) electrons. The molecular formula is C10H17B. The topological polar surface area (TPSA) is 0 Å². The summed E-state index contributed by atoms with van der Waals surface area (Å²) < 4.78 is 0. The van der Waals surface area contributed by atoms with Gasteiger partial charge in [-0.05, 0) is 12.8 Å². The number of unbranched alkanes of at least 4 members (excludes halogenated alkanes) is 4. The normalized spacial score (nSPS) is 10.5. The van der Waals surface area contributed by atoms with Gasteiger partial charge in [0.2, 0.25) is 0 Å². The Labute approximate surface area is 71.8 Å². The predicted molar refractivity (Wildman–Crippen MR) is 53.0 cm³/mol. The second-order valence-corrected chi connectivity index (χ2v) is 2.66. The number of rotatable bonds is 7. The lowest BCUT2D eigenvalue weighted by molar-refractivity contribution is 0.674. The Kier molecular flexibility index (Phi) is 9.15. The van der Waals surface area contributed by atoms with Gasteiger partial charge in [0, 0.05) is 0 Å². The molecule has 0 aliphatic rings. The standard InChI is InChI=1S/C10H17B/c1-2-3-4-5-6-7-8-9-10-11/h2-4H,1,5-10H2/b4-3+. The van der Waals surface area contributed by atoms with E-state index in [-0.39, 0.29) is 0 Å². The van der Waals surface area contributed by atoms with E-state index < -0.39 is 0 Å². The average Bonchev–Trinajstić information content (AvgIpc) is 2.03. The Morgan fingerprint density at radius 1 is 1.09 bits per heavy atom. The van der Waals surface area contributed by atoms with Crippen LogP contribution in [0.25, 0.3) is 0 Å². The molecule has 0 spiro atoms. The SMILES string of the molecule is [B]CCCCCC/C=C/C=C. The first-order valence-corrected chi connectivity index (χ1v) is 4.39. The van der Waals surface area contributed by atoms with Gasteiger partial charge < -0.3 is 0 Å². The van der Waals surface area contributed by atoms with Gasteiger partial charge in [-0.25, -0.2) is 0 Å². The number of allylic oxidation sites excluding steroid dienone is 3. The maximum Gasteiger partial charge on any atom is 0.0653 e. The Morgan fingerprint density at radius 3 is 2.45 bits per heavy atom. The van der Waals surface area contributed by atoms with Crippen molar-refractivity contribution in [3.8, 4) is 0 Å². The van der Waals surface area contributed by atoms with Crippen LogP contribution in [0.1, 0.15) is 32.1 Å². The molecule has 0 fully saturated rings. The maximum atomic E-state index is 5.36. The highest BCUT2D eigenvalue weighted by atomic mass is 13.9. The van der Waals surface area contributed by atoms with Crippen LogP contribution in [0.3, 0.4) is 0 Å². The first kappa shape index (κ1) is 10.5. The van der Waals surface area contributed by atoms with E-state index in [1.54, 1.807) is 0 Å². The number of hydrogen-bond acceptors (Lipinski definition) is 0. The minimum Gasteiger partial charge on any atom is -0.0991 e. The smallest absolute Gasteiger partial charge is 0.0653 e. The van der Waals surface area contributed by atoms with Crippen molar-refractivity contribution in [2.24, 2.45) is 0 Å². The zero-order valence-electron chi connectivity index (χ0n) is 7.26. The summed E-state index contributed by atoms with van der Waals surface area (Å²) in [5, 5.41) is 0. The highest BCUT2D eigenvalue weighted by Crippen LogP contribution is 2.04. The van der Waals surface area contributed by atoms with Gasteiger partial charge >= 0.3 is 0 Å². The largest absolute Gasteiger partial charge is 0.0991 e. The fraction of sp³-hybridized carbons (Fsp3) is 0.600. The fourth-order valence-corrected chi connectivity index (χ4v) is 0.953. The lowest BCUT2D eigenvalue weighted by atomic mass is 9.98. The molecule has 0 aromatic carbocycles. The van der Waals surface area contributed by atoms with E-state index in [9.17, 15) is 0 Å². The molecule has 0 aromatic rings. The van der Waals surface area contributed by atoms with Crippen LogP contribution in [0.4, 0.5) is 0 Å². The third-order valence-corrected chi connectivity index (χ3v) is 1.60. The minimum absolute atomic E-state index is 0.836. The van der Waals surface area contributed by atoms with Crippen LogP contribution < -0.4 is 0 Å². The predicted octanol–water partition coefficient (Wildman–Crippen LogP) is 3.27. The van der Waals surface area contributed by atoms with E-state index in [4.69, 9.17) is 7.85 Å². The van der Waals surface area contributed by atoms with E-state index in [1.807, 2.05) is 12.2 Å². The van der Waals surface area contributed by atoms with E-state index in [0.717, 1.165) is 6.32 Å². The summed E-state index contributed by atoms with van der Waals surface area (Å²) in [4.78, 5) is 0. The quantitative estimate of drug-likeness (QED) is 0.295. The molecule has 60 valence electrons. The van der Waals surface area contributed by atoms with Gasteiger partial charge in [0.25, 0.3) is 0 Å². The van der Waals surface area contributed by atoms with E-state index in [2.05, 4.69) is 12.7 Å². The molecule has 0 aliphatic carbocycles. The van der Waals surface area contributed by atoms with Crippen molar-refractivity contribution in [2.45, 2.75) is 38.4 Å². The molecule has 0 aliphatic heterocycles. The highest BCUT2D eigenvalue weighted by Gasteiger charge is 1.85. The van der Waals surface area contributed by atoms with E-state index in [0.29, 0.717) is 0 Å². The van der Waals surface area contributed by atoms with Gasteiger partial charge in [0.15, 0.2) is 0 Å². The second kappa shape index (κ2) is 9.54. The summed E-state index contributed by atoms with van der Waals surface area (Å²) in [5.74, 6) is 0. The van der Waals surface area contributed by atoms with Crippen molar-refractivity contribution in [3.63, 3.8) is 0 Å². The molecule has 0 saturated heterocycles. The van der Waals surface area contributed by atoms with Crippen LogP contribution in [0.5, 0.6) is 0 Å². The van der Waals surface area contributed by atoms with Gasteiger partial charge in [-0.15, -0.1) is 0 Å². The maximum absolute atomic E-state index is 5.36. The molecule has 1 heteroatoms. The first-order valence-electron chi connectivity index (χ1n) is 4.39. The van der Waals surface area contributed by atoms with E-state index >= 15 is 0 Å². The van der Waals surface area contributed by atoms with E-state index in [1.165, 1.54) is 32.1 Å². The molecule has 0 aromatic heterocycles. The van der Waals surface area contributed by atoms with Gasteiger partial charge in [0.1, 0.15) is 0 Å². The van der Waals surface area contributed by atoms with Crippen molar-refractivity contribution >= 4 is 7.85 Å². The average molecular weight is 148 g/mol. The summed E-state index contributed by atoms with van der Waals surface area (Å²) in [7, 11) is 5.36. The summed E-state index contributed by atoms with van der Waals surface area (Å²) in [5.41, 5.74) is 0. The fourth-order valence-electron chi connectivity index (χ4n) is 0.953. The zero-order valence-corrected chi connectivity index (χ0v) is 7.26. The molecule has 0 atom stereocenters. The van der Waals surface area contributed by atoms with Crippen molar-refractivity contribution in [3.05, 3.63) is 24.8 Å². The second-order valence-electron chi connectivity index (χ2n) is 2.66. The van der Waals surface area contributed by atoms with Crippen LogP contribution >= 0.6 is 0 Å². The van der Waals surface area contributed by atoms with Crippen molar-refractivity contribution in [2.75, 3.05) is 0 Å². The van der Waals surface area contributed by atoms with Crippen molar-refractivity contribution in [1.29, 1.82) is 0 Å². The molecule has 11 heavy (non-hydrogen) atoms. The molecule has 0 N–H and O–H groups in total. The van der Waals surface area contributed by atoms with Crippen molar-refractivity contribution < 1.29 is 0 Å². The Balaban J connectivity index is 2.90. The molecule has 0 heterocycles. The van der Waals surface area contributed by atoms with Crippen LogP contribution in [-0.2, 0) is 0 Å². The molecule has 0 rings (SSSR count). The molecule has 0 bridgehead atoms. The Morgan fingerprint density at radius 2 is 1.82 bits per heavy atom. The van der Waals surface area contributed by atoms with Crippen molar-refractivity contribution in [1.82, 2.24) is 0 Å². The van der Waals surface area contributed by atoms with Gasteiger partial charge in [-0.3, -0.25) is 0 Å². The zero-order chi connectivity index (χ0) is 8.36. The highest BCUT2D eigenvalue weighted by molar-refractivity contribution is 6.08. The third-order valence-electron chi connectivity index (χ3n) is 1.60. The summed E-state index contributed by atoms with van der Waals surface area (Å²) in [6.07, 6.45) is 13.0. The Bertz CT molecular complexity index is 105. The monoisotopic (exact) mass is 148 g/mol. The lowest BCUT2D eigenvalue weighted by Gasteiger charge is -1.95. The van der Waals surface area contributed by atoms with Gasteiger partial charge in [-0.1, -0.05) is 50.4 Å². The van der Waals surface area contributed by atoms with Crippen LogP contribution in [0.2, 0.25) is 6.32 Å². The number of hydrogen-bond donors (Lipinski definition) is 0. The molecule has 0 nitrogen and oxygen atoms in total. The molecular weight excluding hydrogens is 131 g/mol. The Hall–Kier alpha value is -0.455. The van der Waals surface area contributed by atoms with Crippen LogP contribution in [0, 0.1) is 0 Å². The lowest BCUT2D eigenvalue weighted by Crippen LogP contribution is -1.76. The summed E-state index contributed by atoms with van der Waals surface area (Å²) in [6.45, 7) is 3.60. The minimum atomic E-state index is 0.836. The van der Waals surface area contributed by atoms with Crippen LogP contribution in [-0.4, -0.2) is 7.85 Å². The molecule has 0 saturated carbocycles. The van der Waals surface area contributed by atoms with Gasteiger partial charge in [0.05, 0.1) is 7.85 Å². The van der Waals surface area contributed by atoms with Crippen LogP contribution in [0.15, 0.2) is 24.8 Å². The first-order chi connectivity index (χ1) is 5.41. The summed E-state index contributed by atoms with van der Waals surface area (Å²) >= 11 is 0. The van der Waals surface area contributed by atoms with Gasteiger partial charge in [-0.2, -0.15) is 0 Å². The molecule has 0 unspecified atom stereocenters. The molecule has 0 amide bonds.